The van der Waals surface area contributed by atoms with Gasteiger partial charge in [0.1, 0.15) is 34.6 Å². The summed E-state index contributed by atoms with van der Waals surface area (Å²) in [4.78, 5) is 26.3. The molecule has 0 saturated carbocycles. The number of amides is 2. The van der Waals surface area contributed by atoms with E-state index in [0.717, 1.165) is 32.3 Å². The minimum absolute atomic E-state index is 0.164. The fourth-order valence-electron chi connectivity index (χ4n) is 6.38. The van der Waals surface area contributed by atoms with E-state index in [1.54, 1.807) is 24.3 Å². The Hall–Kier alpha value is -5.13. The van der Waals surface area contributed by atoms with E-state index in [2.05, 4.69) is 95.6 Å². The summed E-state index contributed by atoms with van der Waals surface area (Å²) in [6.45, 7) is 0.347. The van der Waals surface area contributed by atoms with Gasteiger partial charge in [-0.05, 0) is 71.6 Å². The number of carbonyl (C=O) groups excluding carboxylic acids is 2. The van der Waals surface area contributed by atoms with Crippen LogP contribution in [-0.4, -0.2) is 28.1 Å². The first-order chi connectivity index (χ1) is 24.0. The average molecular weight is 668 g/mol. The summed E-state index contributed by atoms with van der Waals surface area (Å²) >= 11 is 0. The van der Waals surface area contributed by atoms with Crippen LogP contribution in [0.15, 0.2) is 164 Å². The van der Waals surface area contributed by atoms with Gasteiger partial charge in [-0.3, -0.25) is 9.59 Å². The zero-order chi connectivity index (χ0) is 34.1. The zero-order valence-corrected chi connectivity index (χ0v) is 28.0. The third kappa shape index (κ3) is 7.63. The molecule has 0 bridgehead atoms. The molecular weight excluding hydrogens is 627 g/mol. The largest absolute Gasteiger partial charge is 0.383 e. The smallest absolute Gasteiger partial charge is 0.253 e. The van der Waals surface area contributed by atoms with E-state index < -0.39 is 31.3 Å². The summed E-state index contributed by atoms with van der Waals surface area (Å²) in [7, 11) is -2.50. The summed E-state index contributed by atoms with van der Waals surface area (Å²) in [6.07, 6.45) is 5.67. The van der Waals surface area contributed by atoms with Crippen LogP contribution in [-0.2, 0) is 22.7 Å². The minimum Gasteiger partial charge on any atom is -0.383 e. The van der Waals surface area contributed by atoms with E-state index in [4.69, 9.17) is 0 Å². The second-order valence-corrected chi connectivity index (χ2v) is 15.5. The first-order valence-corrected chi connectivity index (χ1v) is 18.2. The first kappa shape index (κ1) is 33.8. The van der Waals surface area contributed by atoms with Crippen molar-refractivity contribution in [2.24, 2.45) is 5.92 Å². The molecule has 5 aromatic rings. The second-order valence-electron chi connectivity index (χ2n) is 12.1. The molecule has 49 heavy (non-hydrogen) atoms. The number of rotatable bonds is 12. The van der Waals surface area contributed by atoms with Crippen molar-refractivity contribution in [3.8, 4) is 0 Å². The van der Waals surface area contributed by atoms with Crippen molar-refractivity contribution in [2.75, 3.05) is 0 Å². The van der Waals surface area contributed by atoms with Crippen LogP contribution in [0.1, 0.15) is 29.2 Å². The molecular formula is C42H40N2O4P+. The molecule has 0 spiro atoms. The van der Waals surface area contributed by atoms with Crippen molar-refractivity contribution < 1.29 is 19.8 Å². The molecule has 6 nitrogen and oxygen atoms in total. The molecule has 2 amide bonds. The number of aliphatic hydroxyl groups is 2. The van der Waals surface area contributed by atoms with Gasteiger partial charge in [0.25, 0.3) is 5.91 Å². The molecule has 0 radical (unpaired) electrons. The minimum atomic E-state index is -2.50. The highest BCUT2D eigenvalue weighted by Crippen LogP contribution is 2.54. The molecule has 6 rings (SSSR count). The van der Waals surface area contributed by atoms with Crippen molar-refractivity contribution in [1.29, 1.82) is 0 Å². The van der Waals surface area contributed by atoms with E-state index in [1.165, 1.54) is 0 Å². The van der Waals surface area contributed by atoms with Gasteiger partial charge in [-0.2, -0.15) is 0 Å². The molecule has 0 aromatic heterocycles. The first-order valence-electron chi connectivity index (χ1n) is 16.5. The topological polar surface area (TPSA) is 98.7 Å². The molecule has 246 valence electrons. The zero-order valence-electron chi connectivity index (χ0n) is 27.1. The molecule has 7 heteroatoms. The Morgan fingerprint density at radius 1 is 0.612 bits per heavy atom. The third-order valence-electron chi connectivity index (χ3n) is 8.84. The molecule has 0 aliphatic heterocycles. The van der Waals surface area contributed by atoms with Crippen molar-refractivity contribution in [3.63, 3.8) is 0 Å². The Morgan fingerprint density at radius 3 is 1.55 bits per heavy atom. The lowest BCUT2D eigenvalue weighted by Gasteiger charge is -2.28. The van der Waals surface area contributed by atoms with E-state index in [1.807, 2.05) is 54.6 Å². The van der Waals surface area contributed by atoms with Crippen LogP contribution >= 0.6 is 7.26 Å². The molecule has 0 heterocycles. The maximum absolute atomic E-state index is 13.2. The average Bonchev–Trinajstić information content (AvgIpc) is 3.17. The van der Waals surface area contributed by atoms with Crippen LogP contribution in [0.3, 0.4) is 0 Å². The quantitative estimate of drug-likeness (QED) is 0.144. The van der Waals surface area contributed by atoms with Gasteiger partial charge < -0.3 is 20.8 Å². The number of carbonyl (C=O) groups is 2. The summed E-state index contributed by atoms with van der Waals surface area (Å²) in [6, 6.07) is 46.5. The highest BCUT2D eigenvalue weighted by Gasteiger charge is 2.48. The fraction of sp³-hybridized carbons (Fsp3) is 0.143. The molecule has 5 aromatic carbocycles. The Morgan fingerprint density at radius 2 is 1.08 bits per heavy atom. The lowest BCUT2D eigenvalue weighted by atomic mass is 9.94. The van der Waals surface area contributed by atoms with Crippen LogP contribution < -0.4 is 31.9 Å². The molecule has 3 atom stereocenters. The molecule has 1 aliphatic carbocycles. The lowest BCUT2D eigenvalue weighted by Crippen LogP contribution is -2.40. The van der Waals surface area contributed by atoms with Crippen molar-refractivity contribution in [1.82, 2.24) is 10.6 Å². The van der Waals surface area contributed by atoms with Crippen LogP contribution in [0.4, 0.5) is 0 Å². The molecule has 0 saturated heterocycles. The SMILES string of the molecule is O=C(NCc1cc(CNC(=O)[C@@H](O)C2C=CC=CC2)cc([P+](c2ccccc2)(c2ccccc2)c2ccccc2)c1)[C@@H](O)c1ccccc1. The monoisotopic (exact) mass is 667 g/mol. The highest BCUT2D eigenvalue weighted by molar-refractivity contribution is 8.01. The van der Waals surface area contributed by atoms with E-state index in [0.29, 0.717) is 12.0 Å². The fourth-order valence-corrected chi connectivity index (χ4v) is 10.8. The van der Waals surface area contributed by atoms with Gasteiger partial charge in [-0.25, -0.2) is 0 Å². The number of allylic oxidation sites excluding steroid dienone is 3. The van der Waals surface area contributed by atoms with Crippen molar-refractivity contribution in [3.05, 3.63) is 181 Å². The molecule has 1 aliphatic rings. The van der Waals surface area contributed by atoms with Crippen molar-refractivity contribution in [2.45, 2.75) is 31.7 Å². The van der Waals surface area contributed by atoms with Gasteiger partial charge in [0.2, 0.25) is 5.91 Å². The molecule has 4 N–H and O–H groups in total. The number of aliphatic hydroxyl groups excluding tert-OH is 2. The highest BCUT2D eigenvalue weighted by atomic mass is 31.2. The normalized spacial score (nSPS) is 15.3. The van der Waals surface area contributed by atoms with E-state index in [9.17, 15) is 19.8 Å². The summed E-state index contributed by atoms with van der Waals surface area (Å²) in [5.74, 6) is -1.23. The van der Waals surface area contributed by atoms with Crippen LogP contribution in [0, 0.1) is 5.92 Å². The number of benzene rings is 5. The van der Waals surface area contributed by atoms with Crippen molar-refractivity contribution >= 4 is 40.3 Å². The van der Waals surface area contributed by atoms with Gasteiger partial charge in [-0.15, -0.1) is 0 Å². The Kier molecular flexibility index (Phi) is 10.9. The lowest BCUT2D eigenvalue weighted by molar-refractivity contribution is -0.131. The number of hydrogen-bond donors (Lipinski definition) is 4. The predicted molar refractivity (Wildman–Crippen MR) is 199 cm³/mol. The van der Waals surface area contributed by atoms with Gasteiger partial charge in [0, 0.05) is 19.0 Å². The van der Waals surface area contributed by atoms with Crippen LogP contribution in [0.5, 0.6) is 0 Å². The number of hydrogen-bond acceptors (Lipinski definition) is 4. The van der Waals surface area contributed by atoms with Gasteiger partial charge in [0.15, 0.2) is 6.10 Å². The van der Waals surface area contributed by atoms with Gasteiger partial charge >= 0.3 is 0 Å². The summed E-state index contributed by atoms with van der Waals surface area (Å²) in [5, 5.41) is 32.0. The predicted octanol–water partition coefficient (Wildman–Crippen LogP) is 4.77. The summed E-state index contributed by atoms with van der Waals surface area (Å²) in [5.41, 5.74) is 2.17. The van der Waals surface area contributed by atoms with E-state index >= 15 is 0 Å². The number of nitrogens with one attached hydrogen (secondary N) is 2. The van der Waals surface area contributed by atoms with Crippen LogP contribution in [0.25, 0.3) is 0 Å². The third-order valence-corrected chi connectivity index (χ3v) is 13.1. The Balaban J connectivity index is 1.42. The maximum atomic E-state index is 13.2. The summed E-state index contributed by atoms with van der Waals surface area (Å²) < 4.78 is 0. The Bertz CT molecular complexity index is 1820. The Labute approximate surface area is 288 Å². The standard InChI is InChI=1S/C42H39N2O4P/c45-39(33-16-6-1-7-17-33)41(47)43-29-31-26-32(30-44-42(48)40(46)34-18-8-2-9-19-34)28-38(27-31)49(35-20-10-3-11-21-35,36-22-12-4-13-23-36)37-24-14-5-15-25-37/h1-18,20-28,34,39-40,45-46H,19,29-30H2,(H-,43,44,47,48)/p+1/t34?,39-,40-/m0/s1. The van der Waals surface area contributed by atoms with Gasteiger partial charge in [0.05, 0.1) is 0 Å². The van der Waals surface area contributed by atoms with Crippen LogP contribution in [0.2, 0.25) is 0 Å². The molecule has 1 unspecified atom stereocenters. The maximum Gasteiger partial charge on any atom is 0.253 e. The van der Waals surface area contributed by atoms with Gasteiger partial charge in [-0.1, -0.05) is 115 Å². The molecule has 0 fully saturated rings. The second kappa shape index (κ2) is 15.8. The van der Waals surface area contributed by atoms with E-state index in [-0.39, 0.29) is 19.0 Å².